The quantitative estimate of drug-likeness (QED) is 0.843. The maximum atomic E-state index is 6.07. The van der Waals surface area contributed by atoms with Crippen LogP contribution in [0.15, 0.2) is 18.2 Å². The van der Waals surface area contributed by atoms with Gasteiger partial charge in [-0.05, 0) is 44.5 Å². The molecular formula is C16H24N2O3. The number of hydrogen-bond donors (Lipinski definition) is 1. The van der Waals surface area contributed by atoms with Crippen molar-refractivity contribution in [1.29, 1.82) is 0 Å². The zero-order valence-electron chi connectivity index (χ0n) is 12.4. The number of anilines is 1. The van der Waals surface area contributed by atoms with E-state index in [1.807, 2.05) is 18.2 Å². The van der Waals surface area contributed by atoms with E-state index in [2.05, 4.69) is 4.90 Å². The summed E-state index contributed by atoms with van der Waals surface area (Å²) in [5.74, 6) is 0.744. The highest BCUT2D eigenvalue weighted by atomic mass is 16.7. The molecule has 2 saturated heterocycles. The molecule has 0 aliphatic carbocycles. The van der Waals surface area contributed by atoms with E-state index in [0.29, 0.717) is 12.3 Å². The molecule has 0 unspecified atom stereocenters. The summed E-state index contributed by atoms with van der Waals surface area (Å²) in [6.07, 6.45) is 3.26. The van der Waals surface area contributed by atoms with E-state index in [4.69, 9.17) is 19.9 Å². The summed E-state index contributed by atoms with van der Waals surface area (Å²) < 4.78 is 17.0. The summed E-state index contributed by atoms with van der Waals surface area (Å²) in [4.78, 5) is 2.42. The summed E-state index contributed by atoms with van der Waals surface area (Å²) >= 11 is 0. The Morgan fingerprint density at radius 1 is 1.14 bits per heavy atom. The van der Waals surface area contributed by atoms with Crippen LogP contribution in [0.5, 0.6) is 5.75 Å². The second-order valence-electron chi connectivity index (χ2n) is 5.62. The normalized spacial score (nSPS) is 20.8. The van der Waals surface area contributed by atoms with Crippen molar-refractivity contribution in [2.45, 2.75) is 25.6 Å². The first-order valence-corrected chi connectivity index (χ1v) is 7.81. The van der Waals surface area contributed by atoms with Gasteiger partial charge in [0.1, 0.15) is 12.4 Å². The zero-order valence-corrected chi connectivity index (χ0v) is 12.4. The second-order valence-corrected chi connectivity index (χ2v) is 5.62. The Hall–Kier alpha value is -1.30. The van der Waals surface area contributed by atoms with E-state index in [-0.39, 0.29) is 6.29 Å². The largest absolute Gasteiger partial charge is 0.490 e. The van der Waals surface area contributed by atoms with Gasteiger partial charge in [0.2, 0.25) is 0 Å². The molecule has 0 spiro atoms. The van der Waals surface area contributed by atoms with Crippen molar-refractivity contribution in [3.8, 4) is 5.75 Å². The van der Waals surface area contributed by atoms with Crippen molar-refractivity contribution in [3.63, 3.8) is 0 Å². The van der Waals surface area contributed by atoms with E-state index in [9.17, 15) is 0 Å². The molecule has 1 aromatic carbocycles. The molecule has 0 bridgehead atoms. The van der Waals surface area contributed by atoms with Gasteiger partial charge < -0.3 is 19.9 Å². The monoisotopic (exact) mass is 292 g/mol. The van der Waals surface area contributed by atoms with Crippen molar-refractivity contribution in [3.05, 3.63) is 23.8 Å². The van der Waals surface area contributed by atoms with Crippen LogP contribution in [0, 0.1) is 0 Å². The van der Waals surface area contributed by atoms with Crippen molar-refractivity contribution in [2.24, 2.45) is 0 Å². The fourth-order valence-electron chi connectivity index (χ4n) is 2.82. The van der Waals surface area contributed by atoms with E-state index >= 15 is 0 Å². The van der Waals surface area contributed by atoms with E-state index in [1.165, 1.54) is 25.9 Å². The third kappa shape index (κ3) is 3.87. The van der Waals surface area contributed by atoms with Gasteiger partial charge in [0, 0.05) is 12.1 Å². The number of benzene rings is 1. The lowest BCUT2D eigenvalue weighted by atomic mass is 10.1. The zero-order chi connectivity index (χ0) is 14.5. The summed E-state index contributed by atoms with van der Waals surface area (Å²) in [7, 11) is 0. The molecule has 2 N–H and O–H groups in total. The summed E-state index contributed by atoms with van der Waals surface area (Å²) in [6, 6.07) is 5.77. The Labute approximate surface area is 126 Å². The lowest BCUT2D eigenvalue weighted by molar-refractivity contribution is -0.183. The molecule has 21 heavy (non-hydrogen) atoms. The summed E-state index contributed by atoms with van der Waals surface area (Å²) in [5.41, 5.74) is 7.68. The Kier molecular flexibility index (Phi) is 4.95. The molecule has 0 atom stereocenters. The molecule has 0 amide bonds. The molecule has 2 aliphatic heterocycles. The van der Waals surface area contributed by atoms with Crippen molar-refractivity contribution in [2.75, 3.05) is 45.2 Å². The number of hydrogen-bond acceptors (Lipinski definition) is 5. The van der Waals surface area contributed by atoms with Gasteiger partial charge in [0.15, 0.2) is 6.29 Å². The number of nitrogen functional groups attached to an aromatic ring is 1. The topological polar surface area (TPSA) is 57.0 Å². The average molecular weight is 292 g/mol. The molecule has 2 fully saturated rings. The fourth-order valence-corrected chi connectivity index (χ4v) is 2.82. The van der Waals surface area contributed by atoms with E-state index < -0.39 is 0 Å². The highest BCUT2D eigenvalue weighted by Crippen LogP contribution is 2.29. The van der Waals surface area contributed by atoms with Crippen LogP contribution in [0.4, 0.5) is 5.69 Å². The Bertz CT molecular complexity index is 455. The minimum absolute atomic E-state index is 0.292. The van der Waals surface area contributed by atoms with Gasteiger partial charge in [-0.1, -0.05) is 6.07 Å². The standard InChI is InChI=1S/C16H24N2O3/c17-14-12-13(16-20-9-3-10-21-16)4-5-15(14)19-11-8-18-6-1-2-7-18/h4-5,12,16H,1-3,6-11,17H2. The average Bonchev–Trinajstić information content (AvgIpc) is 3.03. The van der Waals surface area contributed by atoms with Gasteiger partial charge in [-0.2, -0.15) is 0 Å². The van der Waals surface area contributed by atoms with Crippen LogP contribution in [-0.2, 0) is 9.47 Å². The van der Waals surface area contributed by atoms with Crippen LogP contribution in [0.3, 0.4) is 0 Å². The third-order valence-electron chi connectivity index (χ3n) is 4.00. The van der Waals surface area contributed by atoms with Crippen LogP contribution in [0.1, 0.15) is 31.1 Å². The molecular weight excluding hydrogens is 268 g/mol. The molecule has 0 aromatic heterocycles. The fraction of sp³-hybridized carbons (Fsp3) is 0.625. The molecule has 5 nitrogen and oxygen atoms in total. The smallest absolute Gasteiger partial charge is 0.183 e. The van der Waals surface area contributed by atoms with Crippen molar-refractivity contribution < 1.29 is 14.2 Å². The van der Waals surface area contributed by atoms with Crippen molar-refractivity contribution >= 4 is 5.69 Å². The molecule has 2 aliphatic rings. The van der Waals surface area contributed by atoms with Crippen LogP contribution in [0.25, 0.3) is 0 Å². The molecule has 0 saturated carbocycles. The van der Waals surface area contributed by atoms with Gasteiger partial charge in [-0.15, -0.1) is 0 Å². The Morgan fingerprint density at radius 3 is 2.62 bits per heavy atom. The van der Waals surface area contributed by atoms with Gasteiger partial charge >= 0.3 is 0 Å². The number of rotatable bonds is 5. The van der Waals surface area contributed by atoms with E-state index in [0.717, 1.165) is 37.5 Å². The van der Waals surface area contributed by atoms with Gasteiger partial charge in [0.05, 0.1) is 18.9 Å². The predicted molar refractivity (Wildman–Crippen MR) is 81.3 cm³/mol. The Balaban J connectivity index is 1.53. The van der Waals surface area contributed by atoms with Gasteiger partial charge in [-0.25, -0.2) is 0 Å². The highest BCUT2D eigenvalue weighted by Gasteiger charge is 2.18. The number of nitrogens with zero attached hydrogens (tertiary/aromatic N) is 1. The summed E-state index contributed by atoms with van der Waals surface area (Å²) in [5, 5.41) is 0. The Morgan fingerprint density at radius 2 is 1.90 bits per heavy atom. The number of ether oxygens (including phenoxy) is 3. The first-order valence-electron chi connectivity index (χ1n) is 7.81. The van der Waals surface area contributed by atoms with Crippen molar-refractivity contribution in [1.82, 2.24) is 4.90 Å². The SMILES string of the molecule is Nc1cc(C2OCCCO2)ccc1OCCN1CCCC1. The van der Waals surface area contributed by atoms with Gasteiger partial charge in [0.25, 0.3) is 0 Å². The first kappa shape index (κ1) is 14.6. The van der Waals surface area contributed by atoms with Crippen LogP contribution >= 0.6 is 0 Å². The first-order chi connectivity index (χ1) is 10.3. The third-order valence-corrected chi connectivity index (χ3v) is 4.00. The highest BCUT2D eigenvalue weighted by molar-refractivity contribution is 5.54. The minimum Gasteiger partial charge on any atom is -0.490 e. The number of nitrogens with two attached hydrogens (primary N) is 1. The molecule has 1 aromatic rings. The molecule has 0 radical (unpaired) electrons. The maximum Gasteiger partial charge on any atom is 0.183 e. The molecule has 2 heterocycles. The van der Waals surface area contributed by atoms with Crippen LogP contribution in [-0.4, -0.2) is 44.4 Å². The summed E-state index contributed by atoms with van der Waals surface area (Å²) in [6.45, 7) is 5.50. The van der Waals surface area contributed by atoms with Gasteiger partial charge in [-0.3, -0.25) is 4.90 Å². The molecule has 3 rings (SSSR count). The minimum atomic E-state index is -0.292. The van der Waals surface area contributed by atoms with Crippen LogP contribution in [0.2, 0.25) is 0 Å². The van der Waals surface area contributed by atoms with Crippen LogP contribution < -0.4 is 10.5 Å². The lowest BCUT2D eigenvalue weighted by Crippen LogP contribution is -2.25. The predicted octanol–water partition coefficient (Wildman–Crippen LogP) is 2.18. The molecule has 116 valence electrons. The maximum absolute atomic E-state index is 6.07. The van der Waals surface area contributed by atoms with E-state index in [1.54, 1.807) is 0 Å². The lowest BCUT2D eigenvalue weighted by Gasteiger charge is -2.24. The second kappa shape index (κ2) is 7.11. The number of likely N-dealkylation sites (tertiary alicyclic amines) is 1. The molecule has 5 heteroatoms.